The Kier molecular flexibility index (Phi) is 5.19. The first-order chi connectivity index (χ1) is 11.3. The highest BCUT2D eigenvalue weighted by molar-refractivity contribution is 5.29. The predicted molar refractivity (Wildman–Crippen MR) is 88.9 cm³/mol. The van der Waals surface area contributed by atoms with Crippen molar-refractivity contribution in [2.45, 2.75) is 18.8 Å². The van der Waals surface area contributed by atoms with Crippen LogP contribution in [-0.4, -0.2) is 27.6 Å². The number of benzene rings is 2. The zero-order chi connectivity index (χ0) is 15.9. The maximum Gasteiger partial charge on any atom is 0.108 e. The van der Waals surface area contributed by atoms with Crippen molar-refractivity contribution < 1.29 is 9.84 Å². The molecule has 1 atom stereocenters. The standard InChI is InChI=1S/C19H20N2O2/c22-18(14-21-13-7-12-20-21)15-23-19(16-8-3-1-4-9-16)17-10-5-2-6-11-17/h1-13,18-19,22H,14-15H2. The predicted octanol–water partition coefficient (Wildman–Crippen LogP) is 3.05. The van der Waals surface area contributed by atoms with E-state index in [1.165, 1.54) is 0 Å². The summed E-state index contributed by atoms with van der Waals surface area (Å²) in [6.45, 7) is 0.664. The van der Waals surface area contributed by atoms with E-state index in [1.54, 1.807) is 10.9 Å². The number of rotatable bonds is 7. The van der Waals surface area contributed by atoms with Crippen LogP contribution < -0.4 is 0 Å². The first kappa shape index (κ1) is 15.5. The molecule has 3 aromatic rings. The van der Waals surface area contributed by atoms with Crippen LogP contribution in [-0.2, 0) is 11.3 Å². The lowest BCUT2D eigenvalue weighted by atomic mass is 10.0. The maximum atomic E-state index is 10.2. The molecule has 23 heavy (non-hydrogen) atoms. The van der Waals surface area contributed by atoms with Crippen molar-refractivity contribution in [3.63, 3.8) is 0 Å². The average molecular weight is 308 g/mol. The molecule has 118 valence electrons. The second-order valence-electron chi connectivity index (χ2n) is 5.42. The second-order valence-corrected chi connectivity index (χ2v) is 5.42. The number of hydrogen-bond acceptors (Lipinski definition) is 3. The lowest BCUT2D eigenvalue weighted by molar-refractivity contribution is -0.00189. The van der Waals surface area contributed by atoms with Crippen molar-refractivity contribution in [2.75, 3.05) is 6.61 Å². The third kappa shape index (κ3) is 4.28. The van der Waals surface area contributed by atoms with Crippen molar-refractivity contribution in [1.82, 2.24) is 9.78 Å². The number of aliphatic hydroxyl groups is 1. The number of nitrogens with zero attached hydrogens (tertiary/aromatic N) is 2. The van der Waals surface area contributed by atoms with E-state index in [1.807, 2.05) is 72.9 Å². The van der Waals surface area contributed by atoms with Crippen molar-refractivity contribution in [3.05, 3.63) is 90.3 Å². The molecule has 4 nitrogen and oxygen atoms in total. The molecule has 0 saturated heterocycles. The Balaban J connectivity index is 1.69. The Morgan fingerprint density at radius 3 is 2.04 bits per heavy atom. The van der Waals surface area contributed by atoms with Gasteiger partial charge in [-0.3, -0.25) is 4.68 Å². The van der Waals surface area contributed by atoms with Gasteiger partial charge in [0.2, 0.25) is 0 Å². The van der Waals surface area contributed by atoms with Crippen LogP contribution in [0.5, 0.6) is 0 Å². The number of hydrogen-bond donors (Lipinski definition) is 1. The minimum absolute atomic E-state index is 0.190. The molecular formula is C19H20N2O2. The van der Waals surface area contributed by atoms with Gasteiger partial charge < -0.3 is 9.84 Å². The van der Waals surface area contributed by atoms with Crippen molar-refractivity contribution in [2.24, 2.45) is 0 Å². The van der Waals surface area contributed by atoms with E-state index in [4.69, 9.17) is 4.74 Å². The molecular weight excluding hydrogens is 288 g/mol. The first-order valence-electron chi connectivity index (χ1n) is 7.70. The van der Waals surface area contributed by atoms with E-state index in [2.05, 4.69) is 5.10 Å². The van der Waals surface area contributed by atoms with Crippen LogP contribution in [0.1, 0.15) is 17.2 Å². The fraction of sp³-hybridized carbons (Fsp3) is 0.211. The van der Waals surface area contributed by atoms with Crippen LogP contribution in [0.4, 0.5) is 0 Å². The minimum atomic E-state index is -0.607. The highest BCUT2D eigenvalue weighted by Crippen LogP contribution is 2.25. The Morgan fingerprint density at radius 1 is 0.913 bits per heavy atom. The Hall–Kier alpha value is -2.43. The van der Waals surface area contributed by atoms with Crippen LogP contribution in [0, 0.1) is 0 Å². The van der Waals surface area contributed by atoms with E-state index in [0.717, 1.165) is 11.1 Å². The van der Waals surface area contributed by atoms with E-state index in [9.17, 15) is 5.11 Å². The largest absolute Gasteiger partial charge is 0.389 e. The molecule has 0 saturated carbocycles. The van der Waals surface area contributed by atoms with Gasteiger partial charge >= 0.3 is 0 Å². The van der Waals surface area contributed by atoms with Crippen LogP contribution in [0.25, 0.3) is 0 Å². The molecule has 4 heteroatoms. The third-order valence-electron chi connectivity index (χ3n) is 3.62. The summed E-state index contributed by atoms with van der Waals surface area (Å²) in [6.07, 6.45) is 2.73. The van der Waals surface area contributed by atoms with E-state index < -0.39 is 6.10 Å². The van der Waals surface area contributed by atoms with Gasteiger partial charge in [0.05, 0.1) is 19.3 Å². The van der Waals surface area contributed by atoms with Gasteiger partial charge in [-0.05, 0) is 17.2 Å². The van der Waals surface area contributed by atoms with Crippen molar-refractivity contribution in [1.29, 1.82) is 0 Å². The van der Waals surface area contributed by atoms with Crippen LogP contribution >= 0.6 is 0 Å². The molecule has 1 unspecified atom stereocenters. The molecule has 0 bridgehead atoms. The maximum absolute atomic E-state index is 10.2. The Bertz CT molecular complexity index is 644. The van der Waals surface area contributed by atoms with Crippen LogP contribution in [0.2, 0.25) is 0 Å². The normalized spacial score (nSPS) is 12.4. The van der Waals surface area contributed by atoms with Crippen LogP contribution in [0.3, 0.4) is 0 Å². The quantitative estimate of drug-likeness (QED) is 0.730. The summed E-state index contributed by atoms with van der Waals surface area (Å²) in [7, 11) is 0. The van der Waals surface area contributed by atoms with Gasteiger partial charge in [-0.25, -0.2) is 0 Å². The van der Waals surface area contributed by atoms with Gasteiger partial charge in [0, 0.05) is 12.4 Å². The summed E-state index contributed by atoms with van der Waals surface area (Å²) in [5.41, 5.74) is 2.15. The molecule has 3 rings (SSSR count). The Labute approximate surface area is 136 Å². The summed E-state index contributed by atoms with van der Waals surface area (Å²) in [6, 6.07) is 21.9. The third-order valence-corrected chi connectivity index (χ3v) is 3.62. The molecule has 0 aliphatic heterocycles. The molecule has 1 aromatic heterocycles. The lowest BCUT2D eigenvalue weighted by Gasteiger charge is -2.21. The molecule has 0 amide bonds. The van der Waals surface area contributed by atoms with E-state index in [-0.39, 0.29) is 12.7 Å². The number of ether oxygens (including phenoxy) is 1. The van der Waals surface area contributed by atoms with Crippen LogP contribution in [0.15, 0.2) is 79.1 Å². The first-order valence-corrected chi connectivity index (χ1v) is 7.70. The molecule has 0 fully saturated rings. The Morgan fingerprint density at radius 2 is 1.52 bits per heavy atom. The van der Waals surface area contributed by atoms with Crippen molar-refractivity contribution in [3.8, 4) is 0 Å². The monoisotopic (exact) mass is 308 g/mol. The fourth-order valence-corrected chi connectivity index (χ4v) is 2.52. The van der Waals surface area contributed by atoms with E-state index >= 15 is 0 Å². The van der Waals surface area contributed by atoms with Gasteiger partial charge in [-0.2, -0.15) is 5.10 Å². The zero-order valence-corrected chi connectivity index (χ0v) is 12.8. The van der Waals surface area contributed by atoms with Crippen molar-refractivity contribution >= 4 is 0 Å². The van der Waals surface area contributed by atoms with Gasteiger partial charge in [-0.15, -0.1) is 0 Å². The molecule has 2 aromatic carbocycles. The molecule has 1 N–H and O–H groups in total. The SMILES string of the molecule is OC(COC(c1ccccc1)c1ccccc1)Cn1cccn1. The molecule has 0 aliphatic rings. The fourth-order valence-electron chi connectivity index (χ4n) is 2.52. The highest BCUT2D eigenvalue weighted by atomic mass is 16.5. The summed E-state index contributed by atoms with van der Waals surface area (Å²) < 4.78 is 7.74. The smallest absolute Gasteiger partial charge is 0.108 e. The highest BCUT2D eigenvalue weighted by Gasteiger charge is 2.16. The molecule has 1 heterocycles. The lowest BCUT2D eigenvalue weighted by Crippen LogP contribution is -2.23. The summed E-state index contributed by atoms with van der Waals surface area (Å²) in [4.78, 5) is 0. The topological polar surface area (TPSA) is 47.3 Å². The summed E-state index contributed by atoms with van der Waals surface area (Å²) >= 11 is 0. The molecule has 0 spiro atoms. The van der Waals surface area contributed by atoms with Gasteiger partial charge in [-0.1, -0.05) is 60.7 Å². The van der Waals surface area contributed by atoms with Gasteiger partial charge in [0.15, 0.2) is 0 Å². The minimum Gasteiger partial charge on any atom is -0.389 e. The molecule has 0 radical (unpaired) electrons. The molecule has 0 aliphatic carbocycles. The number of aromatic nitrogens is 2. The number of aliphatic hydroxyl groups excluding tert-OH is 1. The average Bonchev–Trinajstić information content (AvgIpc) is 3.10. The van der Waals surface area contributed by atoms with Gasteiger partial charge in [0.25, 0.3) is 0 Å². The summed E-state index contributed by atoms with van der Waals surface area (Å²) in [5, 5.41) is 14.3. The second kappa shape index (κ2) is 7.72. The summed E-state index contributed by atoms with van der Waals surface area (Å²) in [5.74, 6) is 0. The van der Waals surface area contributed by atoms with E-state index in [0.29, 0.717) is 6.54 Å². The zero-order valence-electron chi connectivity index (χ0n) is 12.8. The van der Waals surface area contributed by atoms with Gasteiger partial charge in [0.1, 0.15) is 6.10 Å².